The molecule has 0 aliphatic heterocycles. The normalized spacial score (nSPS) is 13.9. The Morgan fingerprint density at radius 2 is 2.05 bits per heavy atom. The predicted octanol–water partition coefficient (Wildman–Crippen LogP) is 3.15. The van der Waals surface area contributed by atoms with E-state index in [0.717, 1.165) is 5.16 Å². The Morgan fingerprint density at radius 3 is 2.68 bits per heavy atom. The molecule has 22 heavy (non-hydrogen) atoms. The molecule has 1 N–H and O–H groups in total. The largest absolute Gasteiger partial charge is 0.326 e. The molecule has 1 aromatic carbocycles. The molecule has 0 spiro atoms. The molecule has 0 saturated heterocycles. The molecule has 1 saturated carbocycles. The highest BCUT2D eigenvalue weighted by molar-refractivity contribution is 7.99. The van der Waals surface area contributed by atoms with Crippen molar-refractivity contribution in [3.05, 3.63) is 42.2 Å². The van der Waals surface area contributed by atoms with Crippen molar-refractivity contribution >= 4 is 29.1 Å². The quantitative estimate of drug-likeness (QED) is 0.657. The molecular formula is C16H17N3O2S. The zero-order chi connectivity index (χ0) is 15.5. The van der Waals surface area contributed by atoms with Crippen molar-refractivity contribution in [2.45, 2.75) is 31.0 Å². The number of ketones is 1. The third-order valence-electron chi connectivity index (χ3n) is 3.43. The third-order valence-corrected chi connectivity index (χ3v) is 4.41. The van der Waals surface area contributed by atoms with Crippen LogP contribution in [0.25, 0.3) is 0 Å². The van der Waals surface area contributed by atoms with Crippen molar-refractivity contribution in [3.8, 4) is 0 Å². The fourth-order valence-electron chi connectivity index (χ4n) is 2.20. The van der Waals surface area contributed by atoms with Gasteiger partial charge >= 0.3 is 0 Å². The smallest absolute Gasteiger partial charge is 0.221 e. The Morgan fingerprint density at radius 1 is 1.32 bits per heavy atom. The van der Waals surface area contributed by atoms with Crippen molar-refractivity contribution in [2.75, 3.05) is 11.1 Å². The summed E-state index contributed by atoms with van der Waals surface area (Å²) < 4.78 is 2.15. The van der Waals surface area contributed by atoms with Gasteiger partial charge in [0.25, 0.3) is 0 Å². The second-order valence-corrected chi connectivity index (χ2v) is 6.26. The summed E-state index contributed by atoms with van der Waals surface area (Å²) in [6.45, 7) is 1.46. The number of hydrogen-bond acceptors (Lipinski definition) is 4. The molecule has 1 aromatic heterocycles. The number of thioether (sulfide) groups is 1. The van der Waals surface area contributed by atoms with Crippen molar-refractivity contribution in [1.29, 1.82) is 0 Å². The monoisotopic (exact) mass is 315 g/mol. The van der Waals surface area contributed by atoms with Gasteiger partial charge in [-0.05, 0) is 37.1 Å². The van der Waals surface area contributed by atoms with Crippen LogP contribution in [0.3, 0.4) is 0 Å². The van der Waals surface area contributed by atoms with Gasteiger partial charge < -0.3 is 9.88 Å². The van der Waals surface area contributed by atoms with Gasteiger partial charge in [0.1, 0.15) is 0 Å². The van der Waals surface area contributed by atoms with Crippen LogP contribution >= 0.6 is 11.8 Å². The van der Waals surface area contributed by atoms with E-state index in [1.54, 1.807) is 30.5 Å². The number of aromatic nitrogens is 2. The molecule has 6 heteroatoms. The summed E-state index contributed by atoms with van der Waals surface area (Å²) >= 11 is 1.47. The Kier molecular flexibility index (Phi) is 4.29. The van der Waals surface area contributed by atoms with Gasteiger partial charge in [-0.25, -0.2) is 4.98 Å². The SMILES string of the molecule is CC(=O)Nc1ccc(C(=O)CSc2nccn2C2CC2)cc1. The number of nitrogens with one attached hydrogen (secondary N) is 1. The van der Waals surface area contributed by atoms with Crippen LogP contribution in [-0.2, 0) is 4.79 Å². The number of nitrogens with zero attached hydrogens (tertiary/aromatic N) is 2. The number of benzene rings is 1. The number of amides is 1. The van der Waals surface area contributed by atoms with Crippen LogP contribution in [0.2, 0.25) is 0 Å². The minimum Gasteiger partial charge on any atom is -0.326 e. The van der Waals surface area contributed by atoms with Crippen LogP contribution < -0.4 is 5.32 Å². The zero-order valence-electron chi connectivity index (χ0n) is 12.3. The van der Waals surface area contributed by atoms with E-state index in [1.807, 2.05) is 6.20 Å². The lowest BCUT2D eigenvalue weighted by Gasteiger charge is -2.06. The minimum atomic E-state index is -0.124. The summed E-state index contributed by atoms with van der Waals surface area (Å²) in [5, 5.41) is 3.59. The van der Waals surface area contributed by atoms with E-state index in [4.69, 9.17) is 0 Å². The second-order valence-electron chi connectivity index (χ2n) is 5.32. The number of rotatable bonds is 6. The van der Waals surface area contributed by atoms with Crippen molar-refractivity contribution in [3.63, 3.8) is 0 Å². The number of hydrogen-bond donors (Lipinski definition) is 1. The summed E-state index contributed by atoms with van der Waals surface area (Å²) in [4.78, 5) is 27.5. The molecule has 1 heterocycles. The van der Waals surface area contributed by atoms with Gasteiger partial charge in [-0.3, -0.25) is 9.59 Å². The number of carbonyl (C=O) groups excluding carboxylic acids is 2. The van der Waals surface area contributed by atoms with Crippen molar-refractivity contribution in [1.82, 2.24) is 9.55 Å². The van der Waals surface area contributed by atoms with Crippen LogP contribution in [0.4, 0.5) is 5.69 Å². The topological polar surface area (TPSA) is 64.0 Å². The Hall–Kier alpha value is -2.08. The van der Waals surface area contributed by atoms with Gasteiger partial charge in [0.15, 0.2) is 10.9 Å². The second kappa shape index (κ2) is 6.36. The van der Waals surface area contributed by atoms with Gasteiger partial charge in [0.05, 0.1) is 5.75 Å². The first-order chi connectivity index (χ1) is 10.6. The number of imidazole rings is 1. The van der Waals surface area contributed by atoms with Gasteiger partial charge in [-0.15, -0.1) is 0 Å². The molecule has 114 valence electrons. The molecule has 1 aliphatic carbocycles. The first kappa shape index (κ1) is 14.8. The lowest BCUT2D eigenvalue weighted by Crippen LogP contribution is -2.07. The molecule has 0 bridgehead atoms. The Balaban J connectivity index is 1.59. The summed E-state index contributed by atoms with van der Waals surface area (Å²) in [5.41, 5.74) is 1.34. The molecule has 3 rings (SSSR count). The summed E-state index contributed by atoms with van der Waals surface area (Å²) in [6, 6.07) is 7.52. The molecule has 0 radical (unpaired) electrons. The zero-order valence-corrected chi connectivity index (χ0v) is 13.1. The first-order valence-electron chi connectivity index (χ1n) is 7.20. The van der Waals surface area contributed by atoms with Crippen LogP contribution in [0.15, 0.2) is 41.8 Å². The van der Waals surface area contributed by atoms with E-state index in [0.29, 0.717) is 23.0 Å². The first-order valence-corrected chi connectivity index (χ1v) is 8.18. The van der Waals surface area contributed by atoms with E-state index < -0.39 is 0 Å². The number of Topliss-reactive ketones (excluding diaryl/α,β-unsaturated/α-hetero) is 1. The average molecular weight is 315 g/mol. The van der Waals surface area contributed by atoms with Gasteiger partial charge in [-0.2, -0.15) is 0 Å². The lowest BCUT2D eigenvalue weighted by atomic mass is 10.1. The van der Waals surface area contributed by atoms with Crippen molar-refractivity contribution < 1.29 is 9.59 Å². The molecule has 1 amide bonds. The standard InChI is InChI=1S/C16H17N3O2S/c1-11(20)18-13-4-2-12(3-5-13)15(21)10-22-16-17-8-9-19(16)14-6-7-14/h2-5,8-9,14H,6-7,10H2,1H3,(H,18,20). The molecule has 0 unspecified atom stereocenters. The van der Waals surface area contributed by atoms with Crippen LogP contribution in [0.5, 0.6) is 0 Å². The summed E-state index contributed by atoms with van der Waals surface area (Å²) in [6.07, 6.45) is 6.16. The highest BCUT2D eigenvalue weighted by atomic mass is 32.2. The van der Waals surface area contributed by atoms with Crippen LogP contribution in [0, 0.1) is 0 Å². The van der Waals surface area contributed by atoms with E-state index in [2.05, 4.69) is 14.9 Å². The fraction of sp³-hybridized carbons (Fsp3) is 0.312. The predicted molar refractivity (Wildman–Crippen MR) is 86.3 cm³/mol. The fourth-order valence-corrected chi connectivity index (χ4v) is 3.12. The van der Waals surface area contributed by atoms with E-state index in [9.17, 15) is 9.59 Å². The van der Waals surface area contributed by atoms with Crippen LogP contribution in [-0.4, -0.2) is 27.0 Å². The Labute approximate surface area is 133 Å². The van der Waals surface area contributed by atoms with Crippen LogP contribution in [0.1, 0.15) is 36.2 Å². The maximum atomic E-state index is 12.2. The van der Waals surface area contributed by atoms with Gasteiger partial charge in [0, 0.05) is 36.6 Å². The number of anilines is 1. The van der Waals surface area contributed by atoms with Crippen molar-refractivity contribution in [2.24, 2.45) is 0 Å². The van der Waals surface area contributed by atoms with E-state index in [-0.39, 0.29) is 11.7 Å². The van der Waals surface area contributed by atoms with E-state index in [1.165, 1.54) is 31.5 Å². The average Bonchev–Trinajstić information content (AvgIpc) is 3.23. The lowest BCUT2D eigenvalue weighted by molar-refractivity contribution is -0.114. The maximum Gasteiger partial charge on any atom is 0.221 e. The molecule has 2 aromatic rings. The molecule has 0 atom stereocenters. The van der Waals surface area contributed by atoms with Gasteiger partial charge in [-0.1, -0.05) is 11.8 Å². The molecule has 5 nitrogen and oxygen atoms in total. The minimum absolute atomic E-state index is 0.0599. The Bertz CT molecular complexity index is 690. The number of carbonyl (C=O) groups is 2. The molecule has 1 fully saturated rings. The third kappa shape index (κ3) is 3.57. The molecular weight excluding hydrogens is 298 g/mol. The maximum absolute atomic E-state index is 12.2. The highest BCUT2D eigenvalue weighted by Crippen LogP contribution is 2.37. The van der Waals surface area contributed by atoms with Gasteiger partial charge in [0.2, 0.25) is 5.91 Å². The summed E-state index contributed by atoms with van der Waals surface area (Å²) in [7, 11) is 0. The summed E-state index contributed by atoms with van der Waals surface area (Å²) in [5.74, 6) is 0.301. The van der Waals surface area contributed by atoms with E-state index >= 15 is 0 Å². The molecule has 1 aliphatic rings. The highest BCUT2D eigenvalue weighted by Gasteiger charge is 2.25.